The molecule has 1 aromatic heterocycles. The zero-order valence-electron chi connectivity index (χ0n) is 19.1. The van der Waals surface area contributed by atoms with Crippen molar-refractivity contribution in [1.29, 1.82) is 5.26 Å². The Morgan fingerprint density at radius 2 is 1.88 bits per heavy atom. The summed E-state index contributed by atoms with van der Waals surface area (Å²) in [6.45, 7) is 3.99. The number of carbonyl (C=O) groups excluding carboxylic acids is 1. The van der Waals surface area contributed by atoms with E-state index in [-0.39, 0.29) is 17.2 Å². The number of rotatable bonds is 7. The number of nitriles is 1. The molecule has 0 saturated heterocycles. The lowest BCUT2D eigenvalue weighted by Gasteiger charge is -2.25. The van der Waals surface area contributed by atoms with Gasteiger partial charge in [0.2, 0.25) is 5.91 Å². The maximum absolute atomic E-state index is 13.0. The van der Waals surface area contributed by atoms with Crippen LogP contribution in [0.15, 0.2) is 71.8 Å². The number of fused-ring (bicyclic) bond motifs is 1. The molecule has 1 aliphatic rings. The monoisotopic (exact) mass is 455 g/mol. The lowest BCUT2D eigenvalue weighted by molar-refractivity contribution is -0.121. The summed E-state index contributed by atoms with van der Waals surface area (Å²) >= 11 is 1.41. The molecule has 0 fully saturated rings. The van der Waals surface area contributed by atoms with Crippen molar-refractivity contribution < 1.29 is 4.79 Å². The number of carbonyl (C=O) groups is 1. The van der Waals surface area contributed by atoms with Crippen LogP contribution in [0, 0.1) is 11.3 Å². The predicted octanol–water partition coefficient (Wildman–Crippen LogP) is 5.97. The summed E-state index contributed by atoms with van der Waals surface area (Å²) in [6, 6.07) is 24.8. The number of benzene rings is 2. The number of nitrogens with one attached hydrogen (secondary N) is 1. The molecule has 3 atom stereocenters. The van der Waals surface area contributed by atoms with Crippen molar-refractivity contribution in [3.05, 3.63) is 94.7 Å². The van der Waals surface area contributed by atoms with Gasteiger partial charge >= 0.3 is 0 Å². The van der Waals surface area contributed by atoms with Crippen molar-refractivity contribution in [1.82, 2.24) is 10.3 Å². The van der Waals surface area contributed by atoms with Crippen molar-refractivity contribution >= 4 is 17.7 Å². The van der Waals surface area contributed by atoms with Crippen LogP contribution >= 0.6 is 11.8 Å². The number of aromatic nitrogens is 1. The maximum Gasteiger partial charge on any atom is 0.234 e. The Morgan fingerprint density at radius 3 is 2.55 bits per heavy atom. The summed E-state index contributed by atoms with van der Waals surface area (Å²) in [5.74, 6) is 0.436. The Kier molecular flexibility index (Phi) is 7.47. The topological polar surface area (TPSA) is 65.8 Å². The number of thioether (sulfide) groups is 1. The van der Waals surface area contributed by atoms with E-state index < -0.39 is 0 Å². The molecule has 4 nitrogen and oxygen atoms in total. The number of aryl methyl sites for hydroxylation is 1. The highest BCUT2D eigenvalue weighted by atomic mass is 32.2. The molecule has 0 aliphatic heterocycles. The summed E-state index contributed by atoms with van der Waals surface area (Å²) in [5, 5.41) is 13.3. The van der Waals surface area contributed by atoms with Crippen molar-refractivity contribution in [2.45, 2.75) is 61.8 Å². The lowest BCUT2D eigenvalue weighted by Crippen LogP contribution is -2.34. The van der Waals surface area contributed by atoms with E-state index in [1.807, 2.05) is 56.3 Å². The molecule has 3 aromatic rings. The second-order valence-corrected chi connectivity index (χ2v) is 9.76. The normalized spacial score (nSPS) is 16.8. The molecule has 0 spiro atoms. The maximum atomic E-state index is 13.0. The summed E-state index contributed by atoms with van der Waals surface area (Å²) in [7, 11) is 0. The molecular formula is C28H29N3OS. The van der Waals surface area contributed by atoms with Crippen LogP contribution in [0.25, 0.3) is 0 Å². The molecule has 1 amide bonds. The third kappa shape index (κ3) is 5.46. The van der Waals surface area contributed by atoms with Gasteiger partial charge in [0.1, 0.15) is 11.1 Å². The number of pyridine rings is 1. The Labute approximate surface area is 200 Å². The summed E-state index contributed by atoms with van der Waals surface area (Å²) in [5.41, 5.74) is 5.20. The molecule has 1 aliphatic carbocycles. The summed E-state index contributed by atoms with van der Waals surface area (Å²) in [4.78, 5) is 17.9. The van der Waals surface area contributed by atoms with Crippen LogP contribution in [-0.4, -0.2) is 16.1 Å². The average molecular weight is 456 g/mol. The molecular weight excluding hydrogens is 426 g/mol. The van der Waals surface area contributed by atoms with Gasteiger partial charge in [0, 0.05) is 5.69 Å². The number of hydrogen-bond acceptors (Lipinski definition) is 4. The van der Waals surface area contributed by atoms with Gasteiger partial charge in [0.05, 0.1) is 16.9 Å². The van der Waals surface area contributed by atoms with Gasteiger partial charge in [0.15, 0.2) is 0 Å². The quantitative estimate of drug-likeness (QED) is 0.446. The minimum absolute atomic E-state index is 0.0218. The molecule has 4 rings (SSSR count). The number of hydrogen-bond donors (Lipinski definition) is 1. The summed E-state index contributed by atoms with van der Waals surface area (Å²) < 4.78 is 0. The zero-order valence-corrected chi connectivity index (χ0v) is 19.9. The van der Waals surface area contributed by atoms with Crippen LogP contribution in [0.3, 0.4) is 0 Å². The number of amides is 1. The van der Waals surface area contributed by atoms with E-state index in [0.29, 0.717) is 22.9 Å². The zero-order chi connectivity index (χ0) is 23.2. The van der Waals surface area contributed by atoms with E-state index >= 15 is 0 Å². The van der Waals surface area contributed by atoms with Crippen molar-refractivity contribution in [3.8, 4) is 6.07 Å². The minimum Gasteiger partial charge on any atom is -0.349 e. The van der Waals surface area contributed by atoms with E-state index in [4.69, 9.17) is 4.98 Å². The first-order valence-corrected chi connectivity index (χ1v) is 12.5. The second-order valence-electron chi connectivity index (χ2n) is 8.56. The smallest absolute Gasteiger partial charge is 0.234 e. The third-order valence-corrected chi connectivity index (χ3v) is 7.69. The van der Waals surface area contributed by atoms with Crippen LogP contribution in [0.4, 0.5) is 0 Å². The SMILES string of the molecule is CC[C@@H](Sc1nc2c(cc1C#N)C[C@@H](c1ccccc1)CC2)C(=O)N[C@H](C)c1ccccc1. The van der Waals surface area contributed by atoms with E-state index in [9.17, 15) is 10.1 Å². The van der Waals surface area contributed by atoms with Gasteiger partial charge in [0.25, 0.3) is 0 Å². The van der Waals surface area contributed by atoms with Crippen LogP contribution in [-0.2, 0) is 17.6 Å². The molecule has 0 saturated carbocycles. The van der Waals surface area contributed by atoms with Gasteiger partial charge in [-0.05, 0) is 61.3 Å². The third-order valence-electron chi connectivity index (χ3n) is 6.32. The van der Waals surface area contributed by atoms with Crippen LogP contribution < -0.4 is 5.32 Å². The van der Waals surface area contributed by atoms with Gasteiger partial charge in [-0.3, -0.25) is 4.79 Å². The second kappa shape index (κ2) is 10.7. The van der Waals surface area contributed by atoms with Gasteiger partial charge in [-0.1, -0.05) is 79.3 Å². The van der Waals surface area contributed by atoms with Crippen LogP contribution in [0.2, 0.25) is 0 Å². The van der Waals surface area contributed by atoms with E-state index in [0.717, 1.165) is 36.1 Å². The van der Waals surface area contributed by atoms with Gasteiger partial charge in [-0.15, -0.1) is 0 Å². The highest BCUT2D eigenvalue weighted by Gasteiger charge is 2.26. The first-order chi connectivity index (χ1) is 16.1. The summed E-state index contributed by atoms with van der Waals surface area (Å²) in [6.07, 6.45) is 3.50. The minimum atomic E-state index is -0.297. The first kappa shape index (κ1) is 23.1. The Hall–Kier alpha value is -3.10. The highest BCUT2D eigenvalue weighted by Crippen LogP contribution is 2.35. The van der Waals surface area contributed by atoms with Gasteiger partial charge in [-0.25, -0.2) is 4.98 Å². The van der Waals surface area contributed by atoms with Crippen LogP contribution in [0.5, 0.6) is 0 Å². The lowest BCUT2D eigenvalue weighted by atomic mass is 9.82. The van der Waals surface area contributed by atoms with E-state index in [2.05, 4.69) is 35.7 Å². The van der Waals surface area contributed by atoms with Crippen LogP contribution in [0.1, 0.15) is 66.6 Å². The van der Waals surface area contributed by atoms with Gasteiger partial charge < -0.3 is 5.32 Å². The number of nitrogens with zero attached hydrogens (tertiary/aromatic N) is 2. The molecule has 0 radical (unpaired) electrons. The highest BCUT2D eigenvalue weighted by molar-refractivity contribution is 8.00. The molecule has 0 bridgehead atoms. The standard InChI is InChI=1S/C28H29N3OS/c1-3-26(27(32)30-19(2)20-10-6-4-7-11-20)33-28-24(18-29)17-23-16-22(14-15-25(23)31-28)21-12-8-5-9-13-21/h4-13,17,19,22,26H,3,14-16H2,1-2H3,(H,30,32)/t19-,22+,26-/m1/s1. The van der Waals surface area contributed by atoms with Crippen molar-refractivity contribution in [3.63, 3.8) is 0 Å². The van der Waals surface area contributed by atoms with Crippen molar-refractivity contribution in [2.75, 3.05) is 0 Å². The fraction of sp³-hybridized carbons (Fsp3) is 0.321. The Balaban J connectivity index is 1.49. The van der Waals surface area contributed by atoms with Gasteiger partial charge in [-0.2, -0.15) is 5.26 Å². The Morgan fingerprint density at radius 1 is 1.18 bits per heavy atom. The predicted molar refractivity (Wildman–Crippen MR) is 133 cm³/mol. The first-order valence-electron chi connectivity index (χ1n) is 11.6. The molecule has 33 heavy (non-hydrogen) atoms. The van der Waals surface area contributed by atoms with Crippen molar-refractivity contribution in [2.24, 2.45) is 0 Å². The molecule has 2 aromatic carbocycles. The fourth-order valence-electron chi connectivity index (χ4n) is 4.41. The largest absolute Gasteiger partial charge is 0.349 e. The molecule has 5 heteroatoms. The fourth-order valence-corrected chi connectivity index (χ4v) is 5.42. The Bertz CT molecular complexity index is 1140. The molecule has 1 heterocycles. The molecule has 1 N–H and O–H groups in total. The van der Waals surface area contributed by atoms with E-state index in [1.54, 1.807) is 0 Å². The van der Waals surface area contributed by atoms with E-state index in [1.165, 1.54) is 17.3 Å². The average Bonchev–Trinajstić information content (AvgIpc) is 2.87. The molecule has 0 unspecified atom stereocenters. The molecule has 168 valence electrons.